The summed E-state index contributed by atoms with van der Waals surface area (Å²) in [6.07, 6.45) is 2.38. The summed E-state index contributed by atoms with van der Waals surface area (Å²) in [5, 5.41) is 11.0. The standard InChI is InChI=1S/C22H26N4O3/c27-22-10-9-18-5-1-2-8-21(18)25(22)12-4-11-23-13-15-24(16-14-23)19-6-3-7-20(17-19)26(28)29/h1-3,5-8,17H,4,9-16H2. The number of nitrogens with zero attached hydrogens (tertiary/aromatic N) is 4. The van der Waals surface area contributed by atoms with E-state index in [1.165, 1.54) is 11.6 Å². The second kappa shape index (κ2) is 8.61. The van der Waals surface area contributed by atoms with Gasteiger partial charge in [-0.05, 0) is 37.1 Å². The molecule has 4 rings (SSSR count). The molecule has 1 saturated heterocycles. The molecule has 0 aliphatic carbocycles. The Bertz CT molecular complexity index is 893. The van der Waals surface area contributed by atoms with Gasteiger partial charge in [-0.2, -0.15) is 0 Å². The monoisotopic (exact) mass is 394 g/mol. The third-order valence-corrected chi connectivity index (χ3v) is 5.83. The van der Waals surface area contributed by atoms with Crippen LogP contribution in [0, 0.1) is 10.1 Å². The summed E-state index contributed by atoms with van der Waals surface area (Å²) in [6, 6.07) is 15.0. The van der Waals surface area contributed by atoms with Crippen molar-refractivity contribution in [3.8, 4) is 0 Å². The molecule has 152 valence electrons. The summed E-state index contributed by atoms with van der Waals surface area (Å²) >= 11 is 0. The quantitative estimate of drug-likeness (QED) is 0.556. The lowest BCUT2D eigenvalue weighted by Crippen LogP contribution is -2.47. The molecule has 2 aromatic rings. The Kier molecular flexibility index (Phi) is 5.76. The molecule has 7 nitrogen and oxygen atoms in total. The first kappa shape index (κ1) is 19.4. The van der Waals surface area contributed by atoms with Crippen LogP contribution in [0.25, 0.3) is 0 Å². The first-order chi connectivity index (χ1) is 14.1. The van der Waals surface area contributed by atoms with Crippen LogP contribution in [0.5, 0.6) is 0 Å². The molecule has 2 aromatic carbocycles. The number of hydrogen-bond donors (Lipinski definition) is 0. The van der Waals surface area contributed by atoms with E-state index in [1.807, 2.05) is 29.2 Å². The van der Waals surface area contributed by atoms with Crippen LogP contribution >= 0.6 is 0 Å². The van der Waals surface area contributed by atoms with Crippen molar-refractivity contribution in [3.05, 3.63) is 64.2 Å². The minimum atomic E-state index is -0.347. The van der Waals surface area contributed by atoms with E-state index in [9.17, 15) is 14.9 Å². The number of non-ortho nitro benzene ring substituents is 1. The largest absolute Gasteiger partial charge is 0.369 e. The van der Waals surface area contributed by atoms with Gasteiger partial charge in [-0.3, -0.25) is 19.8 Å². The fourth-order valence-electron chi connectivity index (χ4n) is 4.23. The van der Waals surface area contributed by atoms with E-state index >= 15 is 0 Å². The van der Waals surface area contributed by atoms with Crippen molar-refractivity contribution in [3.63, 3.8) is 0 Å². The molecular formula is C22H26N4O3. The minimum Gasteiger partial charge on any atom is -0.369 e. The molecule has 1 fully saturated rings. The molecule has 1 amide bonds. The molecule has 0 spiro atoms. The number of nitro groups is 1. The molecule has 2 aliphatic rings. The second-order valence-corrected chi connectivity index (χ2v) is 7.63. The third-order valence-electron chi connectivity index (χ3n) is 5.83. The van der Waals surface area contributed by atoms with Gasteiger partial charge >= 0.3 is 0 Å². The van der Waals surface area contributed by atoms with Crippen LogP contribution in [0.2, 0.25) is 0 Å². The Labute approximate surface area is 170 Å². The van der Waals surface area contributed by atoms with Crippen molar-refractivity contribution in [2.24, 2.45) is 0 Å². The van der Waals surface area contributed by atoms with E-state index in [1.54, 1.807) is 12.1 Å². The number of fused-ring (bicyclic) bond motifs is 1. The van der Waals surface area contributed by atoms with Crippen LogP contribution in [0.3, 0.4) is 0 Å². The summed E-state index contributed by atoms with van der Waals surface area (Å²) in [6.45, 7) is 5.26. The van der Waals surface area contributed by atoms with Gasteiger partial charge in [0.05, 0.1) is 4.92 Å². The zero-order valence-electron chi connectivity index (χ0n) is 16.5. The molecule has 0 saturated carbocycles. The SMILES string of the molecule is O=C1CCc2ccccc2N1CCCN1CCN(c2cccc([N+](=O)[O-])c2)CC1. The van der Waals surface area contributed by atoms with E-state index in [0.29, 0.717) is 6.42 Å². The van der Waals surface area contributed by atoms with E-state index in [2.05, 4.69) is 15.9 Å². The highest BCUT2D eigenvalue weighted by Gasteiger charge is 2.24. The molecule has 29 heavy (non-hydrogen) atoms. The van der Waals surface area contributed by atoms with Gasteiger partial charge in [0.15, 0.2) is 0 Å². The first-order valence-corrected chi connectivity index (χ1v) is 10.2. The van der Waals surface area contributed by atoms with Gasteiger partial charge in [0.25, 0.3) is 5.69 Å². The number of para-hydroxylation sites is 1. The van der Waals surface area contributed by atoms with E-state index in [4.69, 9.17) is 0 Å². The molecule has 2 aliphatic heterocycles. The Hall–Kier alpha value is -2.93. The summed E-state index contributed by atoms with van der Waals surface area (Å²) in [4.78, 5) is 29.6. The van der Waals surface area contributed by atoms with Gasteiger partial charge < -0.3 is 9.80 Å². The van der Waals surface area contributed by atoms with Crippen LogP contribution in [0.4, 0.5) is 17.1 Å². The van der Waals surface area contributed by atoms with Crippen molar-refractivity contribution in [1.29, 1.82) is 0 Å². The highest BCUT2D eigenvalue weighted by atomic mass is 16.6. The van der Waals surface area contributed by atoms with Crippen LogP contribution < -0.4 is 9.80 Å². The predicted molar refractivity (Wildman–Crippen MR) is 113 cm³/mol. The van der Waals surface area contributed by atoms with Crippen molar-refractivity contribution in [2.45, 2.75) is 19.3 Å². The Morgan fingerprint density at radius 3 is 2.52 bits per heavy atom. The maximum absolute atomic E-state index is 12.4. The smallest absolute Gasteiger partial charge is 0.271 e. The number of amides is 1. The summed E-state index contributed by atoms with van der Waals surface area (Å²) in [5.41, 5.74) is 3.38. The maximum Gasteiger partial charge on any atom is 0.271 e. The molecule has 2 heterocycles. The molecule has 0 aromatic heterocycles. The number of nitro benzene ring substituents is 1. The molecule has 7 heteroatoms. The number of benzene rings is 2. The van der Waals surface area contributed by atoms with Gasteiger partial charge in [-0.15, -0.1) is 0 Å². The average Bonchev–Trinajstić information content (AvgIpc) is 2.76. The van der Waals surface area contributed by atoms with Gasteiger partial charge in [0, 0.05) is 62.7 Å². The molecule has 0 N–H and O–H groups in total. The highest BCUT2D eigenvalue weighted by molar-refractivity contribution is 5.96. The Balaban J connectivity index is 1.27. The number of carbonyl (C=O) groups is 1. The predicted octanol–water partition coefficient (Wildman–Crippen LogP) is 3.09. The van der Waals surface area contributed by atoms with Crippen LogP contribution in [0.15, 0.2) is 48.5 Å². The zero-order chi connectivity index (χ0) is 20.2. The van der Waals surface area contributed by atoms with Crippen molar-refractivity contribution < 1.29 is 9.72 Å². The maximum atomic E-state index is 12.4. The lowest BCUT2D eigenvalue weighted by atomic mass is 10.0. The third kappa shape index (κ3) is 4.40. The lowest BCUT2D eigenvalue weighted by Gasteiger charge is -2.36. The molecular weight excluding hydrogens is 368 g/mol. The topological polar surface area (TPSA) is 69.9 Å². The summed E-state index contributed by atoms with van der Waals surface area (Å²) in [5.74, 6) is 0.221. The number of aryl methyl sites for hydroxylation is 1. The number of piperazine rings is 1. The fourth-order valence-corrected chi connectivity index (χ4v) is 4.23. The van der Waals surface area contributed by atoms with E-state index in [-0.39, 0.29) is 16.5 Å². The number of hydrogen-bond acceptors (Lipinski definition) is 5. The Morgan fingerprint density at radius 1 is 0.931 bits per heavy atom. The number of anilines is 2. The first-order valence-electron chi connectivity index (χ1n) is 10.2. The number of rotatable bonds is 6. The molecule has 0 bridgehead atoms. The van der Waals surface area contributed by atoms with Crippen LogP contribution in [-0.4, -0.2) is 55.0 Å². The number of carbonyl (C=O) groups excluding carboxylic acids is 1. The summed E-state index contributed by atoms with van der Waals surface area (Å²) in [7, 11) is 0. The van der Waals surface area contributed by atoms with Gasteiger partial charge in [0.1, 0.15) is 0 Å². The van der Waals surface area contributed by atoms with Crippen LogP contribution in [-0.2, 0) is 11.2 Å². The minimum absolute atomic E-state index is 0.136. The van der Waals surface area contributed by atoms with Crippen molar-refractivity contribution in [2.75, 3.05) is 49.1 Å². The van der Waals surface area contributed by atoms with E-state index < -0.39 is 0 Å². The second-order valence-electron chi connectivity index (χ2n) is 7.63. The molecule has 0 radical (unpaired) electrons. The van der Waals surface area contributed by atoms with Crippen molar-refractivity contribution in [1.82, 2.24) is 4.90 Å². The fraction of sp³-hybridized carbons (Fsp3) is 0.409. The van der Waals surface area contributed by atoms with Gasteiger partial charge in [-0.1, -0.05) is 24.3 Å². The van der Waals surface area contributed by atoms with E-state index in [0.717, 1.165) is 63.5 Å². The van der Waals surface area contributed by atoms with Gasteiger partial charge in [0.2, 0.25) is 5.91 Å². The van der Waals surface area contributed by atoms with Gasteiger partial charge in [-0.25, -0.2) is 0 Å². The van der Waals surface area contributed by atoms with Crippen LogP contribution in [0.1, 0.15) is 18.4 Å². The van der Waals surface area contributed by atoms with Crippen molar-refractivity contribution >= 4 is 23.0 Å². The molecule has 0 unspecified atom stereocenters. The Morgan fingerprint density at radius 2 is 1.72 bits per heavy atom. The normalized spacial score (nSPS) is 17.3. The average molecular weight is 394 g/mol. The lowest BCUT2D eigenvalue weighted by molar-refractivity contribution is -0.384. The zero-order valence-corrected chi connectivity index (χ0v) is 16.5. The summed E-state index contributed by atoms with van der Waals surface area (Å²) < 4.78 is 0. The highest BCUT2D eigenvalue weighted by Crippen LogP contribution is 2.27. The molecule has 0 atom stereocenters.